The van der Waals surface area contributed by atoms with E-state index in [2.05, 4.69) is 10.3 Å². The van der Waals surface area contributed by atoms with Gasteiger partial charge in [0, 0.05) is 17.4 Å². The molecule has 2 aromatic carbocycles. The zero-order valence-electron chi connectivity index (χ0n) is 13.5. The van der Waals surface area contributed by atoms with Crippen LogP contribution in [0.5, 0.6) is 0 Å². The van der Waals surface area contributed by atoms with E-state index in [1.165, 1.54) is 6.20 Å². The number of carbonyl (C=O) groups is 3. The number of imide groups is 1. The molecule has 0 bridgehead atoms. The number of nitrogens with zero attached hydrogens (tertiary/aromatic N) is 2. The van der Waals surface area contributed by atoms with E-state index in [0.29, 0.717) is 16.9 Å². The van der Waals surface area contributed by atoms with Crippen molar-refractivity contribution in [1.29, 1.82) is 0 Å². The maximum absolute atomic E-state index is 12.5. The monoisotopic (exact) mass is 343 g/mol. The van der Waals surface area contributed by atoms with Gasteiger partial charge in [0.1, 0.15) is 5.69 Å². The molecule has 0 saturated carbocycles. The van der Waals surface area contributed by atoms with Gasteiger partial charge in [0.2, 0.25) is 0 Å². The summed E-state index contributed by atoms with van der Waals surface area (Å²) >= 11 is 0. The lowest BCUT2D eigenvalue weighted by Crippen LogP contribution is -2.29. The summed E-state index contributed by atoms with van der Waals surface area (Å²) in [6.45, 7) is 0. The van der Waals surface area contributed by atoms with Gasteiger partial charge in [0.15, 0.2) is 0 Å². The summed E-state index contributed by atoms with van der Waals surface area (Å²) in [6, 6.07) is 18.6. The number of aromatic nitrogens is 1. The fraction of sp³-hybridized carbons (Fsp3) is 0. The number of rotatable bonds is 3. The minimum Gasteiger partial charge on any atom is -0.322 e. The Labute approximate surface area is 149 Å². The maximum atomic E-state index is 12.5. The van der Waals surface area contributed by atoms with Crippen LogP contribution in [-0.4, -0.2) is 22.7 Å². The fourth-order valence-corrected chi connectivity index (χ4v) is 2.82. The van der Waals surface area contributed by atoms with E-state index in [0.717, 1.165) is 4.90 Å². The predicted octanol–water partition coefficient (Wildman–Crippen LogP) is 3.13. The van der Waals surface area contributed by atoms with Gasteiger partial charge in [-0.3, -0.25) is 19.4 Å². The molecule has 1 N–H and O–H groups in total. The van der Waals surface area contributed by atoms with Crippen LogP contribution < -0.4 is 10.2 Å². The third kappa shape index (κ3) is 2.63. The van der Waals surface area contributed by atoms with Crippen molar-refractivity contribution in [3.8, 4) is 0 Å². The molecule has 3 aromatic rings. The molecule has 1 aliphatic rings. The summed E-state index contributed by atoms with van der Waals surface area (Å²) in [5.74, 6) is -1.17. The van der Waals surface area contributed by atoms with E-state index in [1.807, 2.05) is 6.07 Å². The Balaban J connectivity index is 1.62. The Morgan fingerprint density at radius 1 is 0.885 bits per heavy atom. The van der Waals surface area contributed by atoms with Crippen molar-refractivity contribution in [2.75, 3.05) is 10.2 Å². The second kappa shape index (κ2) is 6.25. The molecular weight excluding hydrogens is 330 g/mol. The number of carbonyl (C=O) groups excluding carboxylic acids is 3. The number of nitrogens with one attached hydrogen (secondary N) is 1. The van der Waals surface area contributed by atoms with Crippen LogP contribution >= 0.6 is 0 Å². The summed E-state index contributed by atoms with van der Waals surface area (Å²) in [6.07, 6.45) is 1.48. The fourth-order valence-electron chi connectivity index (χ4n) is 2.82. The minimum absolute atomic E-state index is 0.135. The van der Waals surface area contributed by atoms with Crippen molar-refractivity contribution in [2.45, 2.75) is 0 Å². The molecule has 6 heteroatoms. The van der Waals surface area contributed by atoms with E-state index >= 15 is 0 Å². The van der Waals surface area contributed by atoms with Crippen LogP contribution in [0.25, 0.3) is 0 Å². The number of fused-ring (bicyclic) bond motifs is 1. The maximum Gasteiger partial charge on any atom is 0.284 e. The highest BCUT2D eigenvalue weighted by molar-refractivity contribution is 6.33. The lowest BCUT2D eigenvalue weighted by Gasteiger charge is -2.15. The van der Waals surface area contributed by atoms with Gasteiger partial charge in [0.05, 0.1) is 11.3 Å². The van der Waals surface area contributed by atoms with Crippen molar-refractivity contribution in [1.82, 2.24) is 4.98 Å². The van der Waals surface area contributed by atoms with E-state index in [-0.39, 0.29) is 17.2 Å². The van der Waals surface area contributed by atoms with Crippen molar-refractivity contribution < 1.29 is 14.4 Å². The first-order chi connectivity index (χ1) is 12.6. The van der Waals surface area contributed by atoms with Gasteiger partial charge in [-0.1, -0.05) is 24.3 Å². The van der Waals surface area contributed by atoms with Gasteiger partial charge < -0.3 is 5.32 Å². The molecule has 26 heavy (non-hydrogen) atoms. The summed E-state index contributed by atoms with van der Waals surface area (Å²) < 4.78 is 0. The third-order valence-electron chi connectivity index (χ3n) is 4.05. The summed E-state index contributed by atoms with van der Waals surface area (Å²) in [5, 5.41) is 2.77. The molecule has 0 spiro atoms. The zero-order chi connectivity index (χ0) is 18.1. The van der Waals surface area contributed by atoms with Crippen LogP contribution in [0.3, 0.4) is 0 Å². The molecule has 0 saturated heterocycles. The van der Waals surface area contributed by atoms with Gasteiger partial charge in [-0.15, -0.1) is 0 Å². The molecule has 0 unspecified atom stereocenters. The SMILES string of the molecule is O=C(Nc1cccc(N2C(=O)c3cccnc3C2=O)c1)c1ccccc1. The standard InChI is InChI=1S/C20H13N3O3/c24-18(13-6-2-1-3-7-13)22-14-8-4-9-15(12-14)23-19(25)16-10-5-11-21-17(16)20(23)26/h1-12H,(H,22,24). The lowest BCUT2D eigenvalue weighted by atomic mass is 10.2. The number of hydrogen-bond donors (Lipinski definition) is 1. The van der Waals surface area contributed by atoms with Gasteiger partial charge in [-0.05, 0) is 42.5 Å². The Bertz CT molecular complexity index is 996. The van der Waals surface area contributed by atoms with Crippen LogP contribution in [0.2, 0.25) is 0 Å². The molecular formula is C20H13N3O3. The summed E-state index contributed by atoms with van der Waals surface area (Å²) in [7, 11) is 0. The largest absolute Gasteiger partial charge is 0.322 e. The minimum atomic E-state index is -0.475. The number of amides is 3. The number of anilines is 2. The van der Waals surface area contributed by atoms with Crippen molar-refractivity contribution in [3.63, 3.8) is 0 Å². The quantitative estimate of drug-likeness (QED) is 0.741. The number of pyridine rings is 1. The third-order valence-corrected chi connectivity index (χ3v) is 4.05. The molecule has 0 radical (unpaired) electrons. The molecule has 3 amide bonds. The molecule has 4 rings (SSSR count). The van der Waals surface area contributed by atoms with E-state index in [1.54, 1.807) is 60.7 Å². The van der Waals surface area contributed by atoms with Crippen molar-refractivity contribution in [2.24, 2.45) is 0 Å². The van der Waals surface area contributed by atoms with Crippen molar-refractivity contribution in [3.05, 3.63) is 89.7 Å². The molecule has 0 aliphatic carbocycles. The number of benzene rings is 2. The molecule has 1 aliphatic heterocycles. The van der Waals surface area contributed by atoms with E-state index in [4.69, 9.17) is 0 Å². The van der Waals surface area contributed by atoms with Gasteiger partial charge in [-0.25, -0.2) is 4.90 Å². The highest BCUT2D eigenvalue weighted by atomic mass is 16.2. The number of hydrogen-bond acceptors (Lipinski definition) is 4. The zero-order valence-corrected chi connectivity index (χ0v) is 13.5. The first-order valence-electron chi connectivity index (χ1n) is 7.95. The first-order valence-corrected chi connectivity index (χ1v) is 7.95. The van der Waals surface area contributed by atoms with Crippen LogP contribution in [0.1, 0.15) is 31.2 Å². The smallest absolute Gasteiger partial charge is 0.284 e. The Morgan fingerprint density at radius 3 is 2.46 bits per heavy atom. The molecule has 0 fully saturated rings. The average molecular weight is 343 g/mol. The lowest BCUT2D eigenvalue weighted by molar-refractivity contribution is 0.0923. The van der Waals surface area contributed by atoms with Crippen LogP contribution in [0.15, 0.2) is 72.9 Å². The Kier molecular flexibility index (Phi) is 3.78. The van der Waals surface area contributed by atoms with Crippen LogP contribution in [0, 0.1) is 0 Å². The van der Waals surface area contributed by atoms with Gasteiger partial charge in [0.25, 0.3) is 17.7 Å². The molecule has 126 valence electrons. The normalized spacial score (nSPS) is 12.8. The molecule has 2 heterocycles. The predicted molar refractivity (Wildman–Crippen MR) is 96.2 cm³/mol. The van der Waals surface area contributed by atoms with E-state index < -0.39 is 11.8 Å². The van der Waals surface area contributed by atoms with Crippen LogP contribution in [-0.2, 0) is 0 Å². The van der Waals surface area contributed by atoms with E-state index in [9.17, 15) is 14.4 Å². The van der Waals surface area contributed by atoms with Gasteiger partial charge in [-0.2, -0.15) is 0 Å². The second-order valence-corrected chi connectivity index (χ2v) is 5.72. The Hall–Kier alpha value is -3.80. The highest BCUT2D eigenvalue weighted by Crippen LogP contribution is 2.28. The summed E-state index contributed by atoms with van der Waals surface area (Å²) in [4.78, 5) is 42.4. The molecule has 1 aromatic heterocycles. The Morgan fingerprint density at radius 2 is 1.69 bits per heavy atom. The van der Waals surface area contributed by atoms with Crippen molar-refractivity contribution >= 4 is 29.1 Å². The average Bonchev–Trinajstić information content (AvgIpc) is 2.94. The topological polar surface area (TPSA) is 79.4 Å². The van der Waals surface area contributed by atoms with Gasteiger partial charge >= 0.3 is 0 Å². The summed E-state index contributed by atoms with van der Waals surface area (Å²) in [5.41, 5.74) is 1.79. The van der Waals surface area contributed by atoms with Crippen LogP contribution in [0.4, 0.5) is 11.4 Å². The first kappa shape index (κ1) is 15.7. The molecule has 0 atom stereocenters. The second-order valence-electron chi connectivity index (χ2n) is 5.72. The molecule has 6 nitrogen and oxygen atoms in total. The highest BCUT2D eigenvalue weighted by Gasteiger charge is 2.37.